The van der Waals surface area contributed by atoms with Crippen LogP contribution in [0.25, 0.3) is 0 Å². The van der Waals surface area contributed by atoms with Gasteiger partial charge in [-0.2, -0.15) is 0 Å². The zero-order valence-electron chi connectivity index (χ0n) is 10.1. The van der Waals surface area contributed by atoms with E-state index in [1.165, 1.54) is 18.4 Å². The van der Waals surface area contributed by atoms with E-state index in [0.717, 1.165) is 12.8 Å². The van der Waals surface area contributed by atoms with E-state index in [0.29, 0.717) is 11.8 Å². The molecule has 2 aliphatic rings. The van der Waals surface area contributed by atoms with Crippen LogP contribution < -0.4 is 0 Å². The molecule has 1 fully saturated rings. The van der Waals surface area contributed by atoms with Crippen molar-refractivity contribution in [2.45, 2.75) is 52.6 Å². The van der Waals surface area contributed by atoms with Gasteiger partial charge in [0.1, 0.15) is 0 Å². The maximum Gasteiger partial charge on any atom is 0.0614 e. The summed E-state index contributed by atoms with van der Waals surface area (Å²) in [6, 6.07) is 0. The first-order chi connectivity index (χ1) is 7.09. The number of allylic oxidation sites excluding steroid dienone is 3. The van der Waals surface area contributed by atoms with Crippen molar-refractivity contribution in [3.05, 3.63) is 22.8 Å². The van der Waals surface area contributed by atoms with E-state index in [-0.39, 0.29) is 6.10 Å². The maximum absolute atomic E-state index is 10.1. The average molecular weight is 206 g/mol. The Balaban J connectivity index is 2.28. The second-order valence-corrected chi connectivity index (χ2v) is 5.38. The van der Waals surface area contributed by atoms with E-state index in [1.54, 1.807) is 11.1 Å². The van der Waals surface area contributed by atoms with Crippen LogP contribution in [-0.4, -0.2) is 11.2 Å². The van der Waals surface area contributed by atoms with E-state index in [9.17, 15) is 5.11 Å². The van der Waals surface area contributed by atoms with Gasteiger partial charge in [-0.1, -0.05) is 22.8 Å². The van der Waals surface area contributed by atoms with Crippen molar-refractivity contribution in [2.24, 2.45) is 11.8 Å². The number of aliphatic hydroxyl groups excluding tert-OH is 1. The maximum atomic E-state index is 10.1. The molecule has 0 saturated heterocycles. The molecule has 1 N–H and O–H groups in total. The Kier molecular flexibility index (Phi) is 3.01. The topological polar surface area (TPSA) is 20.2 Å². The highest BCUT2D eigenvalue weighted by molar-refractivity contribution is 5.27. The van der Waals surface area contributed by atoms with E-state index in [1.807, 2.05) is 0 Å². The molecule has 1 heteroatoms. The fourth-order valence-corrected chi connectivity index (χ4v) is 3.26. The SMILES string of the molecule is CC(C)=C[C@@H]1CCC(C)=C2CC[C@H](O)[C@@H]21. The highest BCUT2D eigenvalue weighted by Crippen LogP contribution is 2.45. The Bertz CT molecular complexity index is 307. The summed E-state index contributed by atoms with van der Waals surface area (Å²) in [5, 5.41) is 10.1. The summed E-state index contributed by atoms with van der Waals surface area (Å²) >= 11 is 0. The van der Waals surface area contributed by atoms with Crippen molar-refractivity contribution >= 4 is 0 Å². The monoisotopic (exact) mass is 206 g/mol. The number of hydrogen-bond donors (Lipinski definition) is 1. The highest BCUT2D eigenvalue weighted by Gasteiger charge is 2.38. The molecule has 1 nitrogen and oxygen atoms in total. The van der Waals surface area contributed by atoms with Gasteiger partial charge in [0.2, 0.25) is 0 Å². The Morgan fingerprint density at radius 1 is 1.27 bits per heavy atom. The lowest BCUT2D eigenvalue weighted by Crippen LogP contribution is -2.26. The van der Waals surface area contributed by atoms with Crippen LogP contribution in [-0.2, 0) is 0 Å². The molecule has 0 radical (unpaired) electrons. The van der Waals surface area contributed by atoms with Crippen molar-refractivity contribution in [1.82, 2.24) is 0 Å². The normalized spacial score (nSPS) is 35.3. The summed E-state index contributed by atoms with van der Waals surface area (Å²) in [5.41, 5.74) is 4.50. The summed E-state index contributed by atoms with van der Waals surface area (Å²) in [5.74, 6) is 1.03. The van der Waals surface area contributed by atoms with Gasteiger partial charge in [-0.15, -0.1) is 0 Å². The molecule has 0 spiro atoms. The lowest BCUT2D eigenvalue weighted by Gasteiger charge is -2.31. The van der Waals surface area contributed by atoms with Gasteiger partial charge in [-0.3, -0.25) is 0 Å². The smallest absolute Gasteiger partial charge is 0.0614 e. The van der Waals surface area contributed by atoms with Crippen LogP contribution in [0.2, 0.25) is 0 Å². The fourth-order valence-electron chi connectivity index (χ4n) is 3.26. The zero-order chi connectivity index (χ0) is 11.0. The van der Waals surface area contributed by atoms with Gasteiger partial charge in [0.25, 0.3) is 0 Å². The van der Waals surface area contributed by atoms with Crippen molar-refractivity contribution < 1.29 is 5.11 Å². The molecule has 15 heavy (non-hydrogen) atoms. The van der Waals surface area contributed by atoms with Gasteiger partial charge in [0.05, 0.1) is 6.10 Å². The minimum atomic E-state index is -0.0872. The first kappa shape index (κ1) is 10.9. The molecule has 0 aromatic carbocycles. The number of fused-ring (bicyclic) bond motifs is 1. The molecule has 0 aromatic heterocycles. The molecule has 2 rings (SSSR count). The molecule has 0 unspecified atom stereocenters. The van der Waals surface area contributed by atoms with E-state index >= 15 is 0 Å². The molecular formula is C14H22O. The van der Waals surface area contributed by atoms with Crippen LogP contribution in [0.1, 0.15) is 46.5 Å². The Labute approximate surface area is 92.9 Å². The molecular weight excluding hydrogens is 184 g/mol. The van der Waals surface area contributed by atoms with Crippen LogP contribution in [0.15, 0.2) is 22.8 Å². The first-order valence-electron chi connectivity index (χ1n) is 6.11. The van der Waals surface area contributed by atoms with E-state index in [4.69, 9.17) is 0 Å². The van der Waals surface area contributed by atoms with Crippen LogP contribution in [0.4, 0.5) is 0 Å². The van der Waals surface area contributed by atoms with Gasteiger partial charge in [-0.05, 0) is 52.4 Å². The predicted octanol–water partition coefficient (Wildman–Crippen LogP) is 3.45. The van der Waals surface area contributed by atoms with E-state index in [2.05, 4.69) is 26.8 Å². The molecule has 0 amide bonds. The van der Waals surface area contributed by atoms with Gasteiger partial charge in [-0.25, -0.2) is 0 Å². The Morgan fingerprint density at radius 2 is 2.00 bits per heavy atom. The predicted molar refractivity (Wildman–Crippen MR) is 63.6 cm³/mol. The number of hydrogen-bond acceptors (Lipinski definition) is 1. The molecule has 0 bridgehead atoms. The number of aliphatic hydroxyl groups is 1. The third kappa shape index (κ3) is 2.03. The number of rotatable bonds is 1. The molecule has 2 aliphatic carbocycles. The van der Waals surface area contributed by atoms with Crippen LogP contribution in [0.5, 0.6) is 0 Å². The summed E-state index contributed by atoms with van der Waals surface area (Å²) in [6.45, 7) is 6.57. The third-order valence-corrected chi connectivity index (χ3v) is 3.94. The summed E-state index contributed by atoms with van der Waals surface area (Å²) in [4.78, 5) is 0. The van der Waals surface area contributed by atoms with Gasteiger partial charge in [0, 0.05) is 5.92 Å². The third-order valence-electron chi connectivity index (χ3n) is 3.94. The quantitative estimate of drug-likeness (QED) is 0.651. The fraction of sp³-hybridized carbons (Fsp3) is 0.714. The lowest BCUT2D eigenvalue weighted by molar-refractivity contribution is 0.116. The summed E-state index contributed by atoms with van der Waals surface area (Å²) in [7, 11) is 0. The van der Waals surface area contributed by atoms with Crippen LogP contribution in [0.3, 0.4) is 0 Å². The second kappa shape index (κ2) is 4.13. The molecule has 0 aromatic rings. The Hall–Kier alpha value is -0.560. The lowest BCUT2D eigenvalue weighted by atomic mass is 9.75. The Morgan fingerprint density at radius 3 is 2.67 bits per heavy atom. The van der Waals surface area contributed by atoms with Crippen LogP contribution >= 0.6 is 0 Å². The van der Waals surface area contributed by atoms with Crippen molar-refractivity contribution in [1.29, 1.82) is 0 Å². The minimum absolute atomic E-state index is 0.0872. The standard InChI is InChI=1S/C14H22O/c1-9(2)8-11-5-4-10(3)12-6-7-13(15)14(11)12/h8,11,13-15H,4-7H2,1-3H3/t11-,13-,14+/m0/s1. The average Bonchev–Trinajstić information content (AvgIpc) is 2.54. The molecule has 0 aliphatic heterocycles. The van der Waals surface area contributed by atoms with Gasteiger partial charge < -0.3 is 5.11 Å². The summed E-state index contributed by atoms with van der Waals surface area (Å²) < 4.78 is 0. The second-order valence-electron chi connectivity index (χ2n) is 5.38. The molecule has 0 heterocycles. The molecule has 84 valence electrons. The van der Waals surface area contributed by atoms with Crippen molar-refractivity contribution in [3.63, 3.8) is 0 Å². The molecule has 3 atom stereocenters. The zero-order valence-corrected chi connectivity index (χ0v) is 10.1. The molecule has 1 saturated carbocycles. The summed E-state index contributed by atoms with van der Waals surface area (Å²) in [6.07, 6.45) is 6.84. The van der Waals surface area contributed by atoms with Crippen LogP contribution in [0, 0.1) is 11.8 Å². The van der Waals surface area contributed by atoms with Gasteiger partial charge in [0.15, 0.2) is 0 Å². The minimum Gasteiger partial charge on any atom is -0.392 e. The first-order valence-corrected chi connectivity index (χ1v) is 6.11. The van der Waals surface area contributed by atoms with Crippen molar-refractivity contribution in [2.75, 3.05) is 0 Å². The van der Waals surface area contributed by atoms with Gasteiger partial charge >= 0.3 is 0 Å². The largest absolute Gasteiger partial charge is 0.392 e. The van der Waals surface area contributed by atoms with Crippen molar-refractivity contribution in [3.8, 4) is 0 Å². The highest BCUT2D eigenvalue weighted by atomic mass is 16.3. The van der Waals surface area contributed by atoms with E-state index < -0.39 is 0 Å².